The summed E-state index contributed by atoms with van der Waals surface area (Å²) in [6.45, 7) is 3.37. The normalized spacial score (nSPS) is 23.4. The molecule has 0 saturated carbocycles. The molecule has 0 aliphatic carbocycles. The lowest BCUT2D eigenvalue weighted by Crippen LogP contribution is -2.45. The second-order valence-corrected chi connectivity index (χ2v) is 6.61. The van der Waals surface area contributed by atoms with E-state index in [2.05, 4.69) is 9.88 Å². The lowest BCUT2D eigenvalue weighted by Gasteiger charge is -2.42. The van der Waals surface area contributed by atoms with Crippen LogP contribution in [0.5, 0.6) is 0 Å². The standard InChI is InChI=1S/C15H22Cl2N2O2/c1-21-6-4-15(11-20)3-2-5-19(10-15)9-12-13(16)7-18-8-14(12)17/h7-8,20H,2-6,9-11H2,1H3/t15-/m0/s1. The van der Waals surface area contributed by atoms with Crippen LogP contribution < -0.4 is 0 Å². The van der Waals surface area contributed by atoms with Crippen molar-refractivity contribution >= 4 is 23.2 Å². The average Bonchev–Trinajstić information content (AvgIpc) is 2.49. The Balaban J connectivity index is 2.07. The molecule has 1 atom stereocenters. The van der Waals surface area contributed by atoms with E-state index in [4.69, 9.17) is 27.9 Å². The smallest absolute Gasteiger partial charge is 0.0649 e. The van der Waals surface area contributed by atoms with Gasteiger partial charge < -0.3 is 9.84 Å². The highest BCUT2D eigenvalue weighted by Crippen LogP contribution is 2.35. The van der Waals surface area contributed by atoms with Gasteiger partial charge in [0, 0.05) is 50.2 Å². The fraction of sp³-hybridized carbons (Fsp3) is 0.667. The second-order valence-electron chi connectivity index (χ2n) is 5.80. The van der Waals surface area contributed by atoms with Gasteiger partial charge in [-0.05, 0) is 25.8 Å². The minimum absolute atomic E-state index is 0.0831. The van der Waals surface area contributed by atoms with Gasteiger partial charge in [-0.15, -0.1) is 0 Å². The molecule has 1 saturated heterocycles. The van der Waals surface area contributed by atoms with Crippen molar-refractivity contribution in [3.8, 4) is 0 Å². The van der Waals surface area contributed by atoms with Gasteiger partial charge in [0.15, 0.2) is 0 Å². The molecule has 21 heavy (non-hydrogen) atoms. The zero-order valence-electron chi connectivity index (χ0n) is 12.3. The monoisotopic (exact) mass is 332 g/mol. The second kappa shape index (κ2) is 7.75. The van der Waals surface area contributed by atoms with Crippen molar-refractivity contribution in [2.45, 2.75) is 25.8 Å². The molecule has 1 N–H and O–H groups in total. The number of aliphatic hydroxyl groups excluding tert-OH is 1. The molecule has 0 amide bonds. The van der Waals surface area contributed by atoms with Gasteiger partial charge in [0.05, 0.1) is 16.7 Å². The Morgan fingerprint density at radius 2 is 2.10 bits per heavy atom. The van der Waals surface area contributed by atoms with E-state index in [0.29, 0.717) is 23.2 Å². The highest BCUT2D eigenvalue weighted by molar-refractivity contribution is 6.35. The number of aliphatic hydroxyl groups is 1. The van der Waals surface area contributed by atoms with Crippen LogP contribution in [0.4, 0.5) is 0 Å². The SMILES string of the molecule is COCC[C@@]1(CO)CCCN(Cc2c(Cl)cncc2Cl)C1. The lowest BCUT2D eigenvalue weighted by atomic mass is 9.78. The van der Waals surface area contributed by atoms with Crippen LogP contribution in [0.3, 0.4) is 0 Å². The molecule has 1 fully saturated rings. The molecule has 1 aliphatic heterocycles. The molecule has 0 spiro atoms. The maximum atomic E-state index is 9.82. The van der Waals surface area contributed by atoms with Crippen LogP contribution in [-0.2, 0) is 11.3 Å². The summed E-state index contributed by atoms with van der Waals surface area (Å²) in [5.74, 6) is 0. The Labute approximate surface area is 136 Å². The van der Waals surface area contributed by atoms with E-state index in [9.17, 15) is 5.11 Å². The van der Waals surface area contributed by atoms with Crippen LogP contribution in [0.2, 0.25) is 10.0 Å². The number of methoxy groups -OCH3 is 1. The first-order valence-electron chi connectivity index (χ1n) is 7.20. The fourth-order valence-corrected chi connectivity index (χ4v) is 3.47. The van der Waals surface area contributed by atoms with Gasteiger partial charge >= 0.3 is 0 Å². The molecule has 4 nitrogen and oxygen atoms in total. The maximum Gasteiger partial charge on any atom is 0.0649 e. The van der Waals surface area contributed by atoms with E-state index in [1.807, 2.05) is 0 Å². The van der Waals surface area contributed by atoms with Gasteiger partial charge in [0.25, 0.3) is 0 Å². The van der Waals surface area contributed by atoms with Crippen LogP contribution in [0, 0.1) is 5.41 Å². The highest BCUT2D eigenvalue weighted by Gasteiger charge is 2.34. The van der Waals surface area contributed by atoms with Crippen LogP contribution >= 0.6 is 23.2 Å². The van der Waals surface area contributed by atoms with Crippen molar-refractivity contribution in [3.63, 3.8) is 0 Å². The number of pyridine rings is 1. The Morgan fingerprint density at radius 1 is 1.38 bits per heavy atom. The summed E-state index contributed by atoms with van der Waals surface area (Å²) < 4.78 is 5.18. The van der Waals surface area contributed by atoms with Crippen molar-refractivity contribution in [2.75, 3.05) is 33.4 Å². The maximum absolute atomic E-state index is 9.82. The van der Waals surface area contributed by atoms with E-state index in [-0.39, 0.29) is 12.0 Å². The number of hydrogen-bond acceptors (Lipinski definition) is 4. The van der Waals surface area contributed by atoms with Gasteiger partial charge in [0.2, 0.25) is 0 Å². The molecule has 2 heterocycles. The van der Waals surface area contributed by atoms with Crippen LogP contribution in [0.15, 0.2) is 12.4 Å². The molecule has 1 aromatic heterocycles. The first kappa shape index (κ1) is 17.0. The number of ether oxygens (including phenoxy) is 1. The third kappa shape index (κ3) is 4.30. The zero-order chi connectivity index (χ0) is 15.3. The molecule has 0 radical (unpaired) electrons. The number of aromatic nitrogens is 1. The molecule has 0 aromatic carbocycles. The predicted octanol–water partition coefficient (Wildman–Crippen LogP) is 3.00. The summed E-state index contributed by atoms with van der Waals surface area (Å²) in [5.41, 5.74) is 0.828. The number of rotatable bonds is 6. The van der Waals surface area contributed by atoms with Crippen molar-refractivity contribution < 1.29 is 9.84 Å². The summed E-state index contributed by atoms with van der Waals surface area (Å²) in [6.07, 6.45) is 6.20. The number of nitrogens with zero attached hydrogens (tertiary/aromatic N) is 2. The molecular weight excluding hydrogens is 311 g/mol. The van der Waals surface area contributed by atoms with Gasteiger partial charge in [0.1, 0.15) is 0 Å². The number of halogens is 2. The molecule has 118 valence electrons. The molecule has 0 unspecified atom stereocenters. The Hall–Kier alpha value is -0.390. The zero-order valence-corrected chi connectivity index (χ0v) is 13.8. The minimum atomic E-state index is -0.0831. The molecule has 2 rings (SSSR count). The van der Waals surface area contributed by atoms with E-state index >= 15 is 0 Å². The van der Waals surface area contributed by atoms with E-state index in [1.165, 1.54) is 0 Å². The third-order valence-electron chi connectivity index (χ3n) is 4.25. The Kier molecular flexibility index (Phi) is 6.26. The fourth-order valence-electron chi connectivity index (χ4n) is 2.99. The Bertz CT molecular complexity index is 453. The third-order valence-corrected chi connectivity index (χ3v) is 4.90. The highest BCUT2D eigenvalue weighted by atomic mass is 35.5. The summed E-state index contributed by atoms with van der Waals surface area (Å²) in [5, 5.41) is 11.0. The summed E-state index contributed by atoms with van der Waals surface area (Å²) in [4.78, 5) is 6.29. The summed E-state index contributed by atoms with van der Waals surface area (Å²) in [7, 11) is 1.70. The molecule has 1 aliphatic rings. The molecule has 0 bridgehead atoms. The van der Waals surface area contributed by atoms with Crippen molar-refractivity contribution in [3.05, 3.63) is 28.0 Å². The predicted molar refractivity (Wildman–Crippen MR) is 84.8 cm³/mol. The number of likely N-dealkylation sites (tertiary alicyclic amines) is 1. The molecular formula is C15H22Cl2N2O2. The lowest BCUT2D eigenvalue weighted by molar-refractivity contribution is 0.00477. The van der Waals surface area contributed by atoms with Crippen LogP contribution in [0.25, 0.3) is 0 Å². The summed E-state index contributed by atoms with van der Waals surface area (Å²) >= 11 is 12.4. The van der Waals surface area contributed by atoms with E-state index in [0.717, 1.165) is 37.9 Å². The van der Waals surface area contributed by atoms with E-state index < -0.39 is 0 Å². The minimum Gasteiger partial charge on any atom is -0.396 e. The number of piperidine rings is 1. The molecule has 1 aromatic rings. The average molecular weight is 333 g/mol. The molecule has 6 heteroatoms. The number of hydrogen-bond donors (Lipinski definition) is 1. The summed E-state index contributed by atoms with van der Waals surface area (Å²) in [6, 6.07) is 0. The van der Waals surface area contributed by atoms with Crippen LogP contribution in [-0.4, -0.2) is 48.4 Å². The van der Waals surface area contributed by atoms with Crippen molar-refractivity contribution in [2.24, 2.45) is 5.41 Å². The quantitative estimate of drug-likeness (QED) is 0.869. The largest absolute Gasteiger partial charge is 0.396 e. The van der Waals surface area contributed by atoms with Crippen molar-refractivity contribution in [1.82, 2.24) is 9.88 Å². The van der Waals surface area contributed by atoms with Gasteiger partial charge in [-0.2, -0.15) is 0 Å². The Morgan fingerprint density at radius 3 is 2.71 bits per heavy atom. The van der Waals surface area contributed by atoms with Gasteiger partial charge in [-0.3, -0.25) is 9.88 Å². The topological polar surface area (TPSA) is 45.6 Å². The van der Waals surface area contributed by atoms with E-state index in [1.54, 1.807) is 19.5 Å². The van der Waals surface area contributed by atoms with Gasteiger partial charge in [-0.25, -0.2) is 0 Å². The first-order valence-corrected chi connectivity index (χ1v) is 7.96. The van der Waals surface area contributed by atoms with Crippen LogP contribution in [0.1, 0.15) is 24.8 Å². The van der Waals surface area contributed by atoms with Gasteiger partial charge in [-0.1, -0.05) is 23.2 Å². The van der Waals surface area contributed by atoms with Crippen molar-refractivity contribution in [1.29, 1.82) is 0 Å². The first-order chi connectivity index (χ1) is 10.1.